The van der Waals surface area contributed by atoms with E-state index in [1.54, 1.807) is 29.2 Å². The Morgan fingerprint density at radius 1 is 1.30 bits per heavy atom. The van der Waals surface area contributed by atoms with Gasteiger partial charge in [-0.2, -0.15) is 5.26 Å². The lowest BCUT2D eigenvalue weighted by atomic mass is 10.2. The molecule has 1 heterocycles. The van der Waals surface area contributed by atoms with Crippen LogP contribution in [0.1, 0.15) is 19.6 Å². The third-order valence-corrected chi connectivity index (χ3v) is 3.66. The van der Waals surface area contributed by atoms with Crippen LogP contribution in [0.3, 0.4) is 0 Å². The molecule has 118 valence electrons. The van der Waals surface area contributed by atoms with Crippen molar-refractivity contribution >= 4 is 23.6 Å². The lowest BCUT2D eigenvalue weighted by molar-refractivity contribution is -0.126. The van der Waals surface area contributed by atoms with Gasteiger partial charge in [-0.05, 0) is 38.1 Å². The van der Waals surface area contributed by atoms with E-state index in [-0.39, 0.29) is 11.5 Å². The fourth-order valence-electron chi connectivity index (χ4n) is 2.19. The summed E-state index contributed by atoms with van der Waals surface area (Å²) in [6.07, 6.45) is 1.47. The Labute approximate surface area is 140 Å². The summed E-state index contributed by atoms with van der Waals surface area (Å²) < 4.78 is 5.70. The summed E-state index contributed by atoms with van der Waals surface area (Å²) in [7, 11) is 0. The average molecular weight is 329 g/mol. The van der Waals surface area contributed by atoms with Crippen LogP contribution < -0.4 is 0 Å². The first kappa shape index (κ1) is 16.9. The molecule has 23 heavy (non-hydrogen) atoms. The van der Waals surface area contributed by atoms with Gasteiger partial charge in [-0.15, -0.1) is 0 Å². The van der Waals surface area contributed by atoms with Crippen LogP contribution in [0.5, 0.6) is 0 Å². The van der Waals surface area contributed by atoms with Crippen LogP contribution >= 0.6 is 11.6 Å². The molecule has 4 nitrogen and oxygen atoms in total. The number of amides is 1. The van der Waals surface area contributed by atoms with Gasteiger partial charge in [0.25, 0.3) is 5.91 Å². The molecule has 0 aliphatic heterocycles. The molecule has 0 radical (unpaired) electrons. The summed E-state index contributed by atoms with van der Waals surface area (Å²) in [6, 6.07) is 12.7. The number of likely N-dealkylation sites (N-methyl/N-ethyl adjacent to an activating group) is 1. The molecule has 0 saturated heterocycles. The summed E-state index contributed by atoms with van der Waals surface area (Å²) in [5.41, 5.74) is 0.895. The Kier molecular flexibility index (Phi) is 5.61. The van der Waals surface area contributed by atoms with E-state index >= 15 is 0 Å². The Morgan fingerprint density at radius 2 is 2.04 bits per heavy atom. The molecule has 5 heteroatoms. The largest absolute Gasteiger partial charge is 0.457 e. The van der Waals surface area contributed by atoms with Gasteiger partial charge in [0.2, 0.25) is 0 Å². The molecule has 1 aromatic heterocycles. The number of hydrogen-bond donors (Lipinski definition) is 0. The molecule has 0 unspecified atom stereocenters. The Balaban J connectivity index is 2.29. The van der Waals surface area contributed by atoms with Crippen LogP contribution in [-0.2, 0) is 4.79 Å². The number of hydrogen-bond acceptors (Lipinski definition) is 3. The van der Waals surface area contributed by atoms with Crippen LogP contribution in [0.15, 0.2) is 46.4 Å². The highest BCUT2D eigenvalue weighted by molar-refractivity contribution is 6.30. The zero-order chi connectivity index (χ0) is 16.8. The van der Waals surface area contributed by atoms with Gasteiger partial charge in [-0.1, -0.05) is 23.7 Å². The second kappa shape index (κ2) is 7.66. The molecule has 0 aliphatic rings. The standard InChI is InChI=1S/C18H17ClN2O2/c1-3-21(4-2)18(22)14(12-20)11-16-8-9-17(23-16)13-6-5-7-15(19)10-13/h5-11H,3-4H2,1-2H3. The quantitative estimate of drug-likeness (QED) is 0.604. The topological polar surface area (TPSA) is 57.2 Å². The van der Waals surface area contributed by atoms with Gasteiger partial charge in [0.05, 0.1) is 0 Å². The van der Waals surface area contributed by atoms with Crippen molar-refractivity contribution in [1.29, 1.82) is 5.26 Å². The number of carbonyl (C=O) groups excluding carboxylic acids is 1. The van der Waals surface area contributed by atoms with E-state index in [0.29, 0.717) is 29.6 Å². The minimum Gasteiger partial charge on any atom is -0.457 e. The van der Waals surface area contributed by atoms with Crippen LogP contribution in [0.25, 0.3) is 17.4 Å². The van der Waals surface area contributed by atoms with Crippen molar-refractivity contribution in [3.63, 3.8) is 0 Å². The molecule has 0 bridgehead atoms. The SMILES string of the molecule is CCN(CC)C(=O)C(C#N)=Cc1ccc(-c2cccc(Cl)c2)o1. The van der Waals surface area contributed by atoms with Gasteiger partial charge in [0.15, 0.2) is 0 Å². The zero-order valence-corrected chi connectivity index (χ0v) is 13.8. The second-order valence-electron chi connectivity index (χ2n) is 4.86. The van der Waals surface area contributed by atoms with Crippen molar-refractivity contribution in [2.24, 2.45) is 0 Å². The van der Waals surface area contributed by atoms with E-state index in [4.69, 9.17) is 16.0 Å². The fourth-order valence-corrected chi connectivity index (χ4v) is 2.38. The minimum absolute atomic E-state index is 0.0562. The molecule has 1 amide bonds. The molecule has 2 rings (SSSR count). The monoisotopic (exact) mass is 328 g/mol. The summed E-state index contributed by atoms with van der Waals surface area (Å²) in [5.74, 6) is 0.793. The predicted octanol–water partition coefficient (Wildman–Crippen LogP) is 4.38. The van der Waals surface area contributed by atoms with Crippen molar-refractivity contribution in [3.8, 4) is 17.4 Å². The number of halogens is 1. The molecular formula is C18H17ClN2O2. The van der Waals surface area contributed by atoms with Crippen molar-refractivity contribution < 1.29 is 9.21 Å². The van der Waals surface area contributed by atoms with E-state index in [2.05, 4.69) is 0 Å². The number of rotatable bonds is 5. The van der Waals surface area contributed by atoms with Crippen LogP contribution in [0.2, 0.25) is 5.02 Å². The summed E-state index contributed by atoms with van der Waals surface area (Å²) in [5, 5.41) is 9.85. The molecule has 0 N–H and O–H groups in total. The Hall–Kier alpha value is -2.51. The highest BCUT2D eigenvalue weighted by atomic mass is 35.5. The number of carbonyl (C=O) groups is 1. The molecule has 1 aromatic carbocycles. The fraction of sp³-hybridized carbons (Fsp3) is 0.222. The average Bonchev–Trinajstić information content (AvgIpc) is 3.02. The Bertz CT molecular complexity index is 767. The van der Waals surface area contributed by atoms with Gasteiger partial charge in [-0.25, -0.2) is 0 Å². The highest BCUT2D eigenvalue weighted by Crippen LogP contribution is 2.25. The third kappa shape index (κ3) is 4.02. The highest BCUT2D eigenvalue weighted by Gasteiger charge is 2.16. The van der Waals surface area contributed by atoms with Crippen molar-refractivity contribution in [3.05, 3.63) is 52.8 Å². The van der Waals surface area contributed by atoms with Crippen LogP contribution in [0.4, 0.5) is 0 Å². The maximum atomic E-state index is 12.2. The predicted molar refractivity (Wildman–Crippen MR) is 90.7 cm³/mol. The molecular weight excluding hydrogens is 312 g/mol. The van der Waals surface area contributed by atoms with Gasteiger partial charge in [0, 0.05) is 29.8 Å². The lowest BCUT2D eigenvalue weighted by Crippen LogP contribution is -2.31. The minimum atomic E-state index is -0.293. The maximum Gasteiger partial charge on any atom is 0.264 e. The van der Waals surface area contributed by atoms with E-state index in [0.717, 1.165) is 5.56 Å². The van der Waals surface area contributed by atoms with Gasteiger partial charge in [0.1, 0.15) is 23.2 Å². The molecule has 0 atom stereocenters. The second-order valence-corrected chi connectivity index (χ2v) is 5.30. The van der Waals surface area contributed by atoms with Crippen molar-refractivity contribution in [2.45, 2.75) is 13.8 Å². The number of benzene rings is 1. The van der Waals surface area contributed by atoms with Gasteiger partial charge < -0.3 is 9.32 Å². The first-order valence-electron chi connectivity index (χ1n) is 7.35. The maximum absolute atomic E-state index is 12.2. The summed E-state index contributed by atoms with van der Waals surface area (Å²) in [6.45, 7) is 4.86. The number of nitrogens with zero attached hydrogens (tertiary/aromatic N) is 2. The molecule has 2 aromatic rings. The summed E-state index contributed by atoms with van der Waals surface area (Å²) in [4.78, 5) is 13.8. The zero-order valence-electron chi connectivity index (χ0n) is 13.0. The van der Waals surface area contributed by atoms with E-state index < -0.39 is 0 Å². The normalized spacial score (nSPS) is 11.1. The van der Waals surface area contributed by atoms with Crippen molar-refractivity contribution in [2.75, 3.05) is 13.1 Å². The first-order chi connectivity index (χ1) is 11.1. The first-order valence-corrected chi connectivity index (χ1v) is 7.73. The third-order valence-electron chi connectivity index (χ3n) is 3.42. The van der Waals surface area contributed by atoms with Crippen LogP contribution in [0, 0.1) is 11.3 Å². The number of nitriles is 1. The van der Waals surface area contributed by atoms with Gasteiger partial charge in [-0.3, -0.25) is 4.79 Å². The lowest BCUT2D eigenvalue weighted by Gasteiger charge is -2.17. The molecule has 0 spiro atoms. The summed E-state index contributed by atoms with van der Waals surface area (Å²) >= 11 is 5.97. The smallest absolute Gasteiger partial charge is 0.264 e. The van der Waals surface area contributed by atoms with Gasteiger partial charge >= 0.3 is 0 Å². The Morgan fingerprint density at radius 3 is 2.65 bits per heavy atom. The van der Waals surface area contributed by atoms with E-state index in [1.165, 1.54) is 6.08 Å². The van der Waals surface area contributed by atoms with Crippen LogP contribution in [-0.4, -0.2) is 23.9 Å². The molecule has 0 fully saturated rings. The number of furan rings is 1. The van der Waals surface area contributed by atoms with E-state index in [1.807, 2.05) is 32.0 Å². The molecule has 0 aliphatic carbocycles. The van der Waals surface area contributed by atoms with Crippen molar-refractivity contribution in [1.82, 2.24) is 4.90 Å². The van der Waals surface area contributed by atoms with E-state index in [9.17, 15) is 10.1 Å². The molecule has 0 saturated carbocycles.